The first-order valence-corrected chi connectivity index (χ1v) is 5.87. The Morgan fingerprint density at radius 3 is 2.78 bits per heavy atom. The molecule has 0 saturated carbocycles. The Hall–Kier alpha value is -1.75. The number of hydrogen-bond donors (Lipinski definition) is 2. The Labute approximate surface area is 106 Å². The monoisotopic (exact) mass is 251 g/mol. The van der Waals surface area contributed by atoms with Gasteiger partial charge in [-0.1, -0.05) is 0 Å². The summed E-state index contributed by atoms with van der Waals surface area (Å²) in [6.07, 6.45) is 0.988. The fraction of sp³-hybridized carbons (Fsp3) is 0.462. The topological polar surface area (TPSA) is 67.8 Å². The lowest BCUT2D eigenvalue weighted by Crippen LogP contribution is -2.10. The maximum atomic E-state index is 11.6. The second-order valence-electron chi connectivity index (χ2n) is 4.29. The molecule has 1 aromatic rings. The van der Waals surface area contributed by atoms with Crippen LogP contribution < -0.4 is 10.1 Å². The fourth-order valence-electron chi connectivity index (χ4n) is 2.28. The molecule has 0 amide bonds. The molecule has 1 aliphatic heterocycles. The maximum Gasteiger partial charge on any atom is 0.341 e. The molecule has 1 aromatic carbocycles. The Morgan fingerprint density at radius 2 is 2.22 bits per heavy atom. The number of nitrogens with one attached hydrogen (secondary N) is 1. The minimum absolute atomic E-state index is 0.117. The molecule has 1 fully saturated rings. The highest BCUT2D eigenvalue weighted by Gasteiger charge is 2.24. The van der Waals surface area contributed by atoms with E-state index in [4.69, 9.17) is 4.74 Å². The van der Waals surface area contributed by atoms with Gasteiger partial charge in [-0.15, -0.1) is 0 Å². The van der Waals surface area contributed by atoms with Crippen molar-refractivity contribution in [3.8, 4) is 11.5 Å². The van der Waals surface area contributed by atoms with Crippen molar-refractivity contribution in [2.45, 2.75) is 12.3 Å². The van der Waals surface area contributed by atoms with Crippen LogP contribution in [0.5, 0.6) is 11.5 Å². The van der Waals surface area contributed by atoms with Crippen molar-refractivity contribution in [2.75, 3.05) is 27.3 Å². The fourth-order valence-corrected chi connectivity index (χ4v) is 2.28. The number of aromatic hydroxyl groups is 1. The number of methoxy groups -OCH3 is 2. The highest BCUT2D eigenvalue weighted by Crippen LogP contribution is 2.35. The van der Waals surface area contributed by atoms with E-state index < -0.39 is 5.97 Å². The summed E-state index contributed by atoms with van der Waals surface area (Å²) >= 11 is 0. The van der Waals surface area contributed by atoms with Gasteiger partial charge in [-0.05, 0) is 24.6 Å². The number of hydrogen-bond acceptors (Lipinski definition) is 5. The number of carbonyl (C=O) groups excluding carboxylic acids is 1. The molecule has 0 aliphatic carbocycles. The van der Waals surface area contributed by atoms with Crippen molar-refractivity contribution in [1.82, 2.24) is 5.32 Å². The Bertz CT molecular complexity index is 453. The number of carbonyl (C=O) groups is 1. The largest absolute Gasteiger partial charge is 0.507 e. The summed E-state index contributed by atoms with van der Waals surface area (Å²) in [5.41, 5.74) is 1.11. The molecule has 18 heavy (non-hydrogen) atoms. The van der Waals surface area contributed by atoms with Crippen LogP contribution in [0.4, 0.5) is 0 Å². The van der Waals surface area contributed by atoms with Crippen LogP contribution in [-0.2, 0) is 4.74 Å². The van der Waals surface area contributed by atoms with Crippen LogP contribution in [-0.4, -0.2) is 38.4 Å². The zero-order valence-corrected chi connectivity index (χ0v) is 10.5. The van der Waals surface area contributed by atoms with Gasteiger partial charge in [-0.2, -0.15) is 0 Å². The number of esters is 1. The SMILES string of the molecule is COC(=O)c1cc(C2CCNC2)c(OC)cc1O. The highest BCUT2D eigenvalue weighted by atomic mass is 16.5. The van der Waals surface area contributed by atoms with Gasteiger partial charge in [0.1, 0.15) is 17.1 Å². The van der Waals surface area contributed by atoms with Crippen LogP contribution in [0.25, 0.3) is 0 Å². The van der Waals surface area contributed by atoms with E-state index >= 15 is 0 Å². The van der Waals surface area contributed by atoms with E-state index in [0.717, 1.165) is 25.1 Å². The lowest BCUT2D eigenvalue weighted by Gasteiger charge is -2.16. The summed E-state index contributed by atoms with van der Waals surface area (Å²) in [5.74, 6) is 0.244. The third-order valence-corrected chi connectivity index (χ3v) is 3.25. The van der Waals surface area contributed by atoms with E-state index in [0.29, 0.717) is 11.7 Å². The molecule has 1 unspecified atom stereocenters. The van der Waals surface area contributed by atoms with Crippen molar-refractivity contribution in [3.63, 3.8) is 0 Å². The number of phenolic OH excluding ortho intramolecular Hbond substituents is 1. The molecule has 5 nitrogen and oxygen atoms in total. The minimum atomic E-state index is -0.539. The molecule has 2 N–H and O–H groups in total. The molecule has 0 spiro atoms. The number of ether oxygens (including phenoxy) is 2. The van der Waals surface area contributed by atoms with E-state index in [-0.39, 0.29) is 11.3 Å². The van der Waals surface area contributed by atoms with Gasteiger partial charge in [0, 0.05) is 18.5 Å². The molecule has 0 bridgehead atoms. The smallest absolute Gasteiger partial charge is 0.341 e. The van der Waals surface area contributed by atoms with E-state index in [2.05, 4.69) is 10.1 Å². The van der Waals surface area contributed by atoms with Crippen LogP contribution >= 0.6 is 0 Å². The maximum absolute atomic E-state index is 11.6. The van der Waals surface area contributed by atoms with Gasteiger partial charge in [0.15, 0.2) is 0 Å². The zero-order valence-electron chi connectivity index (χ0n) is 10.5. The Balaban J connectivity index is 2.45. The van der Waals surface area contributed by atoms with Crippen LogP contribution in [0.1, 0.15) is 28.3 Å². The van der Waals surface area contributed by atoms with E-state index in [1.165, 1.54) is 13.2 Å². The van der Waals surface area contributed by atoms with Gasteiger partial charge >= 0.3 is 5.97 Å². The van der Waals surface area contributed by atoms with Crippen molar-refractivity contribution < 1.29 is 19.4 Å². The Morgan fingerprint density at radius 1 is 1.44 bits per heavy atom. The van der Waals surface area contributed by atoms with Crippen LogP contribution in [0.15, 0.2) is 12.1 Å². The van der Waals surface area contributed by atoms with Gasteiger partial charge in [0.2, 0.25) is 0 Å². The summed E-state index contributed by atoms with van der Waals surface area (Å²) in [5, 5.41) is 13.1. The normalized spacial score (nSPS) is 18.7. The zero-order chi connectivity index (χ0) is 13.1. The summed E-state index contributed by atoms with van der Waals surface area (Å²) in [6, 6.07) is 3.14. The quantitative estimate of drug-likeness (QED) is 0.792. The summed E-state index contributed by atoms with van der Waals surface area (Å²) in [6.45, 7) is 1.80. The second kappa shape index (κ2) is 5.27. The summed E-state index contributed by atoms with van der Waals surface area (Å²) < 4.78 is 9.92. The second-order valence-corrected chi connectivity index (χ2v) is 4.29. The Kier molecular flexibility index (Phi) is 3.72. The lowest BCUT2D eigenvalue weighted by atomic mass is 9.95. The number of phenols is 1. The molecular formula is C13H17NO4. The lowest BCUT2D eigenvalue weighted by molar-refractivity contribution is 0.0597. The van der Waals surface area contributed by atoms with E-state index in [9.17, 15) is 9.90 Å². The standard InChI is InChI=1S/C13H17NO4/c1-17-12-6-11(15)10(13(16)18-2)5-9(12)8-3-4-14-7-8/h5-6,8,14-15H,3-4,7H2,1-2H3. The van der Waals surface area contributed by atoms with Gasteiger partial charge < -0.3 is 19.9 Å². The minimum Gasteiger partial charge on any atom is -0.507 e. The van der Waals surface area contributed by atoms with Crippen molar-refractivity contribution in [2.24, 2.45) is 0 Å². The molecule has 0 radical (unpaired) electrons. The molecule has 1 heterocycles. The summed E-state index contributed by atoms with van der Waals surface area (Å²) in [7, 11) is 2.85. The van der Waals surface area contributed by atoms with E-state index in [1.807, 2.05) is 0 Å². The van der Waals surface area contributed by atoms with Gasteiger partial charge in [-0.3, -0.25) is 0 Å². The number of rotatable bonds is 3. The molecule has 2 rings (SSSR count). The molecule has 1 saturated heterocycles. The average molecular weight is 251 g/mol. The molecule has 1 atom stereocenters. The molecular weight excluding hydrogens is 234 g/mol. The van der Waals surface area contributed by atoms with Crippen LogP contribution in [0.3, 0.4) is 0 Å². The molecule has 1 aliphatic rings. The molecule has 98 valence electrons. The first kappa shape index (κ1) is 12.7. The average Bonchev–Trinajstić information content (AvgIpc) is 2.91. The summed E-state index contributed by atoms with van der Waals surface area (Å²) in [4.78, 5) is 11.6. The van der Waals surface area contributed by atoms with Gasteiger partial charge in [0.05, 0.1) is 14.2 Å². The highest BCUT2D eigenvalue weighted by molar-refractivity contribution is 5.93. The molecule has 5 heteroatoms. The third-order valence-electron chi connectivity index (χ3n) is 3.25. The first-order chi connectivity index (χ1) is 8.67. The van der Waals surface area contributed by atoms with Crippen molar-refractivity contribution in [3.05, 3.63) is 23.3 Å². The third kappa shape index (κ3) is 2.26. The van der Waals surface area contributed by atoms with Gasteiger partial charge in [-0.25, -0.2) is 4.79 Å². The van der Waals surface area contributed by atoms with Crippen LogP contribution in [0.2, 0.25) is 0 Å². The van der Waals surface area contributed by atoms with Crippen molar-refractivity contribution in [1.29, 1.82) is 0 Å². The van der Waals surface area contributed by atoms with Crippen molar-refractivity contribution >= 4 is 5.97 Å². The predicted octanol–water partition coefficient (Wildman–Crippen LogP) is 1.26. The predicted molar refractivity (Wildman–Crippen MR) is 66.2 cm³/mol. The first-order valence-electron chi connectivity index (χ1n) is 5.87. The van der Waals surface area contributed by atoms with Gasteiger partial charge in [0.25, 0.3) is 0 Å². The van der Waals surface area contributed by atoms with Crippen LogP contribution in [0, 0.1) is 0 Å². The number of benzene rings is 1. The van der Waals surface area contributed by atoms with E-state index in [1.54, 1.807) is 13.2 Å². The molecule has 0 aromatic heterocycles.